The number of hydrogen-bond donors (Lipinski definition) is 0. The van der Waals surface area contributed by atoms with Gasteiger partial charge >= 0.3 is 0 Å². The molecule has 94 valence electrons. The van der Waals surface area contributed by atoms with Crippen molar-refractivity contribution in [3.63, 3.8) is 0 Å². The van der Waals surface area contributed by atoms with Gasteiger partial charge in [0.2, 0.25) is 5.82 Å². The second-order valence-corrected chi connectivity index (χ2v) is 5.55. The molecule has 19 heavy (non-hydrogen) atoms. The fourth-order valence-corrected chi connectivity index (χ4v) is 2.33. The summed E-state index contributed by atoms with van der Waals surface area (Å²) in [7, 11) is 0. The van der Waals surface area contributed by atoms with Crippen molar-refractivity contribution in [1.29, 1.82) is 0 Å². The Hall–Kier alpha value is -1.69. The lowest BCUT2D eigenvalue weighted by molar-refractivity contribution is 0.432. The molecule has 0 fully saturated rings. The summed E-state index contributed by atoms with van der Waals surface area (Å²) in [6.45, 7) is 2.05. The maximum Gasteiger partial charge on any atom is 0.258 e. The van der Waals surface area contributed by atoms with Crippen LogP contribution >= 0.6 is 22.6 Å². The van der Waals surface area contributed by atoms with Crippen LogP contribution in [-0.4, -0.2) is 10.1 Å². The minimum Gasteiger partial charge on any atom is -0.334 e. The highest BCUT2D eigenvalue weighted by atomic mass is 127. The average molecular weight is 362 g/mol. The van der Waals surface area contributed by atoms with E-state index in [1.165, 1.54) is 5.56 Å². The molecule has 0 aliphatic heterocycles. The Balaban J connectivity index is 1.97. The Morgan fingerprint density at radius 1 is 1.00 bits per heavy atom. The summed E-state index contributed by atoms with van der Waals surface area (Å²) in [6.07, 6.45) is 0. The molecule has 0 aliphatic rings. The van der Waals surface area contributed by atoms with E-state index in [1.807, 2.05) is 48.5 Å². The van der Waals surface area contributed by atoms with Crippen molar-refractivity contribution in [2.24, 2.45) is 0 Å². The summed E-state index contributed by atoms with van der Waals surface area (Å²) in [5.74, 6) is 1.17. The smallest absolute Gasteiger partial charge is 0.258 e. The average Bonchev–Trinajstić information content (AvgIpc) is 2.89. The molecular formula is C15H11IN2O. The Labute approximate surface area is 124 Å². The highest BCUT2D eigenvalue weighted by molar-refractivity contribution is 14.1. The number of aromatic nitrogens is 2. The van der Waals surface area contributed by atoms with Crippen molar-refractivity contribution >= 4 is 22.6 Å². The molecule has 1 aromatic heterocycles. The van der Waals surface area contributed by atoms with Gasteiger partial charge in [-0.1, -0.05) is 41.1 Å². The van der Waals surface area contributed by atoms with Crippen LogP contribution in [0.15, 0.2) is 53.1 Å². The predicted molar refractivity (Wildman–Crippen MR) is 82.6 cm³/mol. The quantitative estimate of drug-likeness (QED) is 0.638. The summed E-state index contributed by atoms with van der Waals surface area (Å²) in [4.78, 5) is 4.44. The molecule has 0 spiro atoms. The van der Waals surface area contributed by atoms with Crippen molar-refractivity contribution in [2.45, 2.75) is 6.92 Å². The van der Waals surface area contributed by atoms with Crippen LogP contribution in [0.4, 0.5) is 0 Å². The highest BCUT2D eigenvalue weighted by Gasteiger charge is 2.10. The van der Waals surface area contributed by atoms with E-state index in [0.717, 1.165) is 14.7 Å². The molecule has 0 bridgehead atoms. The van der Waals surface area contributed by atoms with E-state index in [0.29, 0.717) is 11.7 Å². The van der Waals surface area contributed by atoms with Gasteiger partial charge in [0.05, 0.1) is 0 Å². The number of rotatable bonds is 2. The van der Waals surface area contributed by atoms with Gasteiger partial charge in [-0.05, 0) is 47.7 Å². The number of nitrogens with zero attached hydrogens (tertiary/aromatic N) is 2. The molecule has 0 amide bonds. The van der Waals surface area contributed by atoms with Crippen molar-refractivity contribution in [2.75, 3.05) is 0 Å². The number of hydrogen-bond acceptors (Lipinski definition) is 3. The molecule has 4 heteroatoms. The number of benzene rings is 2. The second kappa shape index (κ2) is 5.13. The first-order valence-corrected chi connectivity index (χ1v) is 6.97. The van der Waals surface area contributed by atoms with E-state index in [2.05, 4.69) is 39.7 Å². The van der Waals surface area contributed by atoms with Crippen molar-refractivity contribution in [3.8, 4) is 22.8 Å². The Bertz CT molecular complexity index is 704. The van der Waals surface area contributed by atoms with Gasteiger partial charge in [0.1, 0.15) is 0 Å². The Morgan fingerprint density at radius 2 is 1.79 bits per heavy atom. The minimum absolute atomic E-state index is 0.550. The predicted octanol–water partition coefficient (Wildman–Crippen LogP) is 4.32. The van der Waals surface area contributed by atoms with Crippen molar-refractivity contribution < 1.29 is 4.52 Å². The molecule has 0 aliphatic carbocycles. The van der Waals surface area contributed by atoms with E-state index in [1.54, 1.807) is 0 Å². The summed E-state index contributed by atoms with van der Waals surface area (Å²) >= 11 is 2.26. The molecule has 3 aromatic rings. The van der Waals surface area contributed by atoms with E-state index in [9.17, 15) is 0 Å². The van der Waals surface area contributed by atoms with Gasteiger partial charge in [-0.25, -0.2) is 0 Å². The Kier molecular flexibility index (Phi) is 3.33. The molecule has 3 nitrogen and oxygen atoms in total. The van der Waals surface area contributed by atoms with Crippen molar-refractivity contribution in [1.82, 2.24) is 10.1 Å². The van der Waals surface area contributed by atoms with E-state index in [-0.39, 0.29) is 0 Å². The minimum atomic E-state index is 0.550. The Morgan fingerprint density at radius 3 is 2.53 bits per heavy atom. The SMILES string of the molecule is Cc1ccc(-c2noc(-c3cccc(I)c3)n2)cc1. The van der Waals surface area contributed by atoms with Gasteiger partial charge in [0.15, 0.2) is 0 Å². The molecule has 0 atom stereocenters. The first kappa shape index (κ1) is 12.3. The van der Waals surface area contributed by atoms with Crippen LogP contribution in [0, 0.1) is 10.5 Å². The van der Waals surface area contributed by atoms with Gasteiger partial charge in [-0.2, -0.15) is 4.98 Å². The lowest BCUT2D eigenvalue weighted by Crippen LogP contribution is -1.82. The van der Waals surface area contributed by atoms with Gasteiger partial charge in [-0.15, -0.1) is 0 Å². The lowest BCUT2D eigenvalue weighted by Gasteiger charge is -1.95. The van der Waals surface area contributed by atoms with Crippen LogP contribution in [0.5, 0.6) is 0 Å². The second-order valence-electron chi connectivity index (χ2n) is 4.30. The van der Waals surface area contributed by atoms with E-state index >= 15 is 0 Å². The third kappa shape index (κ3) is 2.68. The normalized spacial score (nSPS) is 10.6. The van der Waals surface area contributed by atoms with Gasteiger partial charge in [-0.3, -0.25) is 0 Å². The van der Waals surface area contributed by atoms with Crippen LogP contribution in [0.25, 0.3) is 22.8 Å². The third-order valence-electron chi connectivity index (χ3n) is 2.81. The monoisotopic (exact) mass is 362 g/mol. The summed E-state index contributed by atoms with van der Waals surface area (Å²) in [5.41, 5.74) is 3.12. The van der Waals surface area contributed by atoms with Crippen LogP contribution < -0.4 is 0 Å². The summed E-state index contributed by atoms with van der Waals surface area (Å²) in [5, 5.41) is 4.03. The van der Waals surface area contributed by atoms with Gasteiger partial charge < -0.3 is 4.52 Å². The molecule has 3 rings (SSSR count). The first-order chi connectivity index (χ1) is 9.22. The zero-order chi connectivity index (χ0) is 13.2. The third-order valence-corrected chi connectivity index (χ3v) is 3.48. The first-order valence-electron chi connectivity index (χ1n) is 5.89. The van der Waals surface area contributed by atoms with E-state index in [4.69, 9.17) is 4.52 Å². The molecule has 1 heterocycles. The van der Waals surface area contributed by atoms with E-state index < -0.39 is 0 Å². The fraction of sp³-hybridized carbons (Fsp3) is 0.0667. The fourth-order valence-electron chi connectivity index (χ4n) is 1.78. The molecule has 2 aromatic carbocycles. The van der Waals surface area contributed by atoms with Gasteiger partial charge in [0, 0.05) is 14.7 Å². The van der Waals surface area contributed by atoms with Crippen LogP contribution in [0.3, 0.4) is 0 Å². The molecule has 0 saturated carbocycles. The molecule has 0 radical (unpaired) electrons. The van der Waals surface area contributed by atoms with Crippen LogP contribution in [-0.2, 0) is 0 Å². The zero-order valence-corrected chi connectivity index (χ0v) is 12.5. The molecule has 0 unspecified atom stereocenters. The van der Waals surface area contributed by atoms with Crippen LogP contribution in [0.2, 0.25) is 0 Å². The molecule has 0 saturated heterocycles. The maximum absolute atomic E-state index is 5.33. The van der Waals surface area contributed by atoms with Crippen LogP contribution in [0.1, 0.15) is 5.56 Å². The summed E-state index contributed by atoms with van der Waals surface area (Å²) in [6, 6.07) is 16.1. The summed E-state index contributed by atoms with van der Waals surface area (Å²) < 4.78 is 6.47. The number of aryl methyl sites for hydroxylation is 1. The molecule has 0 N–H and O–H groups in total. The van der Waals surface area contributed by atoms with Gasteiger partial charge in [0.25, 0.3) is 5.89 Å². The standard InChI is InChI=1S/C15H11IN2O/c1-10-5-7-11(8-6-10)14-17-15(19-18-14)12-3-2-4-13(16)9-12/h2-9H,1H3. The highest BCUT2D eigenvalue weighted by Crippen LogP contribution is 2.23. The largest absolute Gasteiger partial charge is 0.334 e. The topological polar surface area (TPSA) is 38.9 Å². The maximum atomic E-state index is 5.33. The lowest BCUT2D eigenvalue weighted by atomic mass is 10.1. The van der Waals surface area contributed by atoms with Crippen molar-refractivity contribution in [3.05, 3.63) is 57.7 Å². The molecular weight excluding hydrogens is 351 g/mol. The number of halogens is 1. The zero-order valence-electron chi connectivity index (χ0n) is 10.3.